The van der Waals surface area contributed by atoms with Gasteiger partial charge in [-0.2, -0.15) is 0 Å². The van der Waals surface area contributed by atoms with Crippen LogP contribution in [0.3, 0.4) is 0 Å². The number of carbonyl (C=O) groups excluding carboxylic acids is 2. The molecule has 116 valence electrons. The van der Waals surface area contributed by atoms with E-state index in [-0.39, 0.29) is 23.0 Å². The van der Waals surface area contributed by atoms with E-state index in [1.54, 1.807) is 26.2 Å². The van der Waals surface area contributed by atoms with Crippen molar-refractivity contribution < 1.29 is 9.59 Å². The molecule has 0 radical (unpaired) electrons. The zero-order valence-electron chi connectivity index (χ0n) is 13.2. The number of nitrogens with zero attached hydrogens (tertiary/aromatic N) is 3. The number of anilines is 1. The van der Waals surface area contributed by atoms with Gasteiger partial charge in [-0.3, -0.25) is 9.59 Å². The zero-order chi connectivity index (χ0) is 16.0. The second-order valence-electron chi connectivity index (χ2n) is 5.98. The van der Waals surface area contributed by atoms with Crippen LogP contribution in [-0.4, -0.2) is 53.1 Å². The lowest BCUT2D eigenvalue weighted by molar-refractivity contribution is -0.122. The predicted molar refractivity (Wildman–Crippen MR) is 81.1 cm³/mol. The summed E-state index contributed by atoms with van der Waals surface area (Å²) in [4.78, 5) is 24.7. The molecule has 7 nitrogen and oxygen atoms in total. The van der Waals surface area contributed by atoms with Gasteiger partial charge in [0.1, 0.15) is 5.82 Å². The van der Waals surface area contributed by atoms with Crippen molar-refractivity contribution >= 4 is 17.6 Å². The molecule has 2 N–H and O–H groups in total. The van der Waals surface area contributed by atoms with E-state index in [0.29, 0.717) is 18.8 Å². The van der Waals surface area contributed by atoms with Gasteiger partial charge < -0.3 is 15.5 Å². The van der Waals surface area contributed by atoms with E-state index in [9.17, 15) is 9.59 Å². The van der Waals surface area contributed by atoms with E-state index < -0.39 is 0 Å². The number of carbonyl (C=O) groups is 2. The van der Waals surface area contributed by atoms with Crippen LogP contribution in [0.25, 0.3) is 0 Å². The Hall–Kier alpha value is -2.18. The maximum absolute atomic E-state index is 11.6. The molecular weight excluding hydrogens is 270 g/mol. The molecule has 0 fully saturated rings. The molecule has 0 bridgehead atoms. The van der Waals surface area contributed by atoms with E-state index in [4.69, 9.17) is 0 Å². The van der Waals surface area contributed by atoms with Crippen LogP contribution in [0, 0.1) is 0 Å². The molecule has 0 aliphatic heterocycles. The quantitative estimate of drug-likeness (QED) is 0.842. The van der Waals surface area contributed by atoms with Crippen LogP contribution >= 0.6 is 0 Å². The third-order valence-electron chi connectivity index (χ3n) is 2.46. The summed E-state index contributed by atoms with van der Waals surface area (Å²) in [5.74, 6) is 0.315. The topological polar surface area (TPSA) is 87.2 Å². The number of nitrogens with one attached hydrogen (secondary N) is 2. The summed E-state index contributed by atoms with van der Waals surface area (Å²) in [7, 11) is 3.31. The third kappa shape index (κ3) is 6.20. The summed E-state index contributed by atoms with van der Waals surface area (Å²) in [6.07, 6.45) is 0.345. The molecule has 1 heterocycles. The highest BCUT2D eigenvalue weighted by Crippen LogP contribution is 2.04. The first-order valence-electron chi connectivity index (χ1n) is 6.79. The summed E-state index contributed by atoms with van der Waals surface area (Å²) in [5.41, 5.74) is 0.0569. The van der Waals surface area contributed by atoms with E-state index >= 15 is 0 Å². The van der Waals surface area contributed by atoms with Gasteiger partial charge in [-0.1, -0.05) is 0 Å². The first-order chi connectivity index (χ1) is 9.69. The molecule has 0 spiro atoms. The van der Waals surface area contributed by atoms with E-state index in [2.05, 4.69) is 20.8 Å². The number of amides is 2. The first kappa shape index (κ1) is 16.9. The highest BCUT2D eigenvalue weighted by Gasteiger charge is 2.13. The van der Waals surface area contributed by atoms with Gasteiger partial charge in [-0.05, 0) is 32.9 Å². The van der Waals surface area contributed by atoms with Gasteiger partial charge in [0.05, 0.1) is 0 Å². The second kappa shape index (κ2) is 7.01. The number of hydrogen-bond acceptors (Lipinski definition) is 5. The van der Waals surface area contributed by atoms with Crippen molar-refractivity contribution in [2.75, 3.05) is 26.0 Å². The lowest BCUT2D eigenvalue weighted by Crippen LogP contribution is -2.41. The summed E-state index contributed by atoms with van der Waals surface area (Å²) in [6.45, 7) is 6.26. The Morgan fingerprint density at radius 1 is 1.19 bits per heavy atom. The molecule has 0 aliphatic carbocycles. The average molecular weight is 293 g/mol. The van der Waals surface area contributed by atoms with Gasteiger partial charge in [0.15, 0.2) is 5.69 Å². The minimum absolute atomic E-state index is 0.0256. The molecule has 1 aromatic heterocycles. The molecule has 0 aromatic carbocycles. The van der Waals surface area contributed by atoms with Crippen molar-refractivity contribution in [2.24, 2.45) is 0 Å². The largest absolute Gasteiger partial charge is 0.368 e. The smallest absolute Gasteiger partial charge is 0.273 e. The number of rotatable bonds is 5. The molecule has 21 heavy (non-hydrogen) atoms. The maximum Gasteiger partial charge on any atom is 0.273 e. The van der Waals surface area contributed by atoms with Crippen LogP contribution in [0.2, 0.25) is 0 Å². The van der Waals surface area contributed by atoms with Crippen molar-refractivity contribution in [1.82, 2.24) is 20.4 Å². The van der Waals surface area contributed by atoms with Gasteiger partial charge in [-0.15, -0.1) is 10.2 Å². The van der Waals surface area contributed by atoms with Gasteiger partial charge in [0.25, 0.3) is 5.91 Å². The molecule has 0 aliphatic rings. The fourth-order valence-corrected chi connectivity index (χ4v) is 1.55. The van der Waals surface area contributed by atoms with Crippen molar-refractivity contribution in [1.29, 1.82) is 0 Å². The molecular formula is C14H23N5O2. The summed E-state index contributed by atoms with van der Waals surface area (Å²) >= 11 is 0. The molecule has 0 unspecified atom stereocenters. The van der Waals surface area contributed by atoms with Crippen LogP contribution in [0.15, 0.2) is 12.1 Å². The SMILES string of the molecule is CN(C)C(=O)c1ccc(NCCC(=O)NC(C)(C)C)nn1. The normalized spacial score (nSPS) is 10.9. The standard InChI is InChI=1S/C14H23N5O2/c1-14(2,3)16-12(20)8-9-15-11-7-6-10(17-18-11)13(21)19(4)5/h6-7H,8-9H2,1-5H3,(H,15,18)(H,16,20). The minimum Gasteiger partial charge on any atom is -0.368 e. The Kier molecular flexibility index (Phi) is 5.63. The minimum atomic E-state index is -0.231. The Balaban J connectivity index is 2.43. The Morgan fingerprint density at radius 3 is 2.33 bits per heavy atom. The second-order valence-corrected chi connectivity index (χ2v) is 5.98. The van der Waals surface area contributed by atoms with Gasteiger partial charge >= 0.3 is 0 Å². The Bertz CT molecular complexity index is 491. The molecule has 0 saturated carbocycles. The van der Waals surface area contributed by atoms with E-state index in [1.807, 2.05) is 20.8 Å². The van der Waals surface area contributed by atoms with Crippen LogP contribution in [0.1, 0.15) is 37.7 Å². The fourth-order valence-electron chi connectivity index (χ4n) is 1.55. The Labute approximate surface area is 125 Å². The number of hydrogen-bond donors (Lipinski definition) is 2. The van der Waals surface area contributed by atoms with E-state index in [1.165, 1.54) is 4.90 Å². The van der Waals surface area contributed by atoms with Crippen molar-refractivity contribution in [3.8, 4) is 0 Å². The van der Waals surface area contributed by atoms with Crippen molar-refractivity contribution in [2.45, 2.75) is 32.7 Å². The highest BCUT2D eigenvalue weighted by molar-refractivity contribution is 5.91. The lowest BCUT2D eigenvalue weighted by Gasteiger charge is -2.20. The van der Waals surface area contributed by atoms with Crippen molar-refractivity contribution in [3.63, 3.8) is 0 Å². The third-order valence-corrected chi connectivity index (χ3v) is 2.46. The van der Waals surface area contributed by atoms with Gasteiger partial charge in [0.2, 0.25) is 5.91 Å². The van der Waals surface area contributed by atoms with E-state index in [0.717, 1.165) is 0 Å². The fraction of sp³-hybridized carbons (Fsp3) is 0.571. The van der Waals surface area contributed by atoms with Crippen LogP contribution in [-0.2, 0) is 4.79 Å². The van der Waals surface area contributed by atoms with Gasteiger partial charge in [-0.25, -0.2) is 0 Å². The molecule has 1 rings (SSSR count). The lowest BCUT2D eigenvalue weighted by atomic mass is 10.1. The molecule has 2 amide bonds. The first-order valence-corrected chi connectivity index (χ1v) is 6.79. The molecule has 7 heteroatoms. The Morgan fingerprint density at radius 2 is 1.86 bits per heavy atom. The summed E-state index contributed by atoms with van der Waals surface area (Å²) in [6, 6.07) is 3.28. The van der Waals surface area contributed by atoms with Crippen molar-refractivity contribution in [3.05, 3.63) is 17.8 Å². The van der Waals surface area contributed by atoms with Crippen LogP contribution in [0.4, 0.5) is 5.82 Å². The maximum atomic E-state index is 11.6. The van der Waals surface area contributed by atoms with Crippen LogP contribution in [0.5, 0.6) is 0 Å². The van der Waals surface area contributed by atoms with Crippen LogP contribution < -0.4 is 10.6 Å². The monoisotopic (exact) mass is 293 g/mol. The molecule has 0 atom stereocenters. The highest BCUT2D eigenvalue weighted by atomic mass is 16.2. The molecule has 1 aromatic rings. The number of aromatic nitrogens is 2. The summed E-state index contributed by atoms with van der Waals surface area (Å²) in [5, 5.41) is 13.6. The average Bonchev–Trinajstić information content (AvgIpc) is 2.36. The zero-order valence-corrected chi connectivity index (χ0v) is 13.2. The molecule has 0 saturated heterocycles. The van der Waals surface area contributed by atoms with Gasteiger partial charge in [0, 0.05) is 32.6 Å². The predicted octanol–water partition coefficient (Wildman–Crippen LogP) is 0.895. The summed E-state index contributed by atoms with van der Waals surface area (Å²) < 4.78 is 0.